The molecule has 1 aromatic rings. The monoisotopic (exact) mass is 222 g/mol. The Morgan fingerprint density at radius 3 is 3.00 bits per heavy atom. The summed E-state index contributed by atoms with van der Waals surface area (Å²) in [6.45, 7) is 3.52. The largest absolute Gasteiger partial charge is 0.330 e. The van der Waals surface area contributed by atoms with Crippen LogP contribution in [0.2, 0.25) is 0 Å². The second-order valence-corrected chi connectivity index (χ2v) is 4.58. The molecule has 2 rings (SSSR count). The van der Waals surface area contributed by atoms with Crippen LogP contribution in [-0.2, 0) is 0 Å². The minimum atomic E-state index is -0.135. The van der Waals surface area contributed by atoms with Gasteiger partial charge in [-0.15, -0.1) is 0 Å². The summed E-state index contributed by atoms with van der Waals surface area (Å²) in [5, 5.41) is 3.48. The van der Waals surface area contributed by atoms with Crippen molar-refractivity contribution in [2.75, 3.05) is 13.1 Å². The maximum absolute atomic E-state index is 13.2. The van der Waals surface area contributed by atoms with Crippen molar-refractivity contribution < 1.29 is 4.39 Å². The Morgan fingerprint density at radius 2 is 2.31 bits per heavy atom. The third-order valence-corrected chi connectivity index (χ3v) is 3.43. The van der Waals surface area contributed by atoms with Crippen LogP contribution in [0.25, 0.3) is 0 Å². The molecule has 1 aliphatic heterocycles. The second kappa shape index (κ2) is 4.93. The van der Waals surface area contributed by atoms with Gasteiger partial charge < -0.3 is 11.1 Å². The van der Waals surface area contributed by atoms with Crippen molar-refractivity contribution in [3.05, 3.63) is 35.1 Å². The smallest absolute Gasteiger partial charge is 0.126 e. The van der Waals surface area contributed by atoms with Crippen LogP contribution >= 0.6 is 0 Å². The van der Waals surface area contributed by atoms with Crippen molar-refractivity contribution in [2.45, 2.75) is 25.8 Å². The summed E-state index contributed by atoms with van der Waals surface area (Å²) in [4.78, 5) is 0. The first-order valence-corrected chi connectivity index (χ1v) is 5.92. The fourth-order valence-electron chi connectivity index (χ4n) is 2.46. The normalized spacial score (nSPS) is 25.7. The summed E-state index contributed by atoms with van der Waals surface area (Å²) >= 11 is 0. The van der Waals surface area contributed by atoms with E-state index >= 15 is 0 Å². The van der Waals surface area contributed by atoms with Crippen LogP contribution in [0.1, 0.15) is 30.0 Å². The van der Waals surface area contributed by atoms with E-state index in [2.05, 4.69) is 5.32 Å². The van der Waals surface area contributed by atoms with Gasteiger partial charge in [-0.25, -0.2) is 4.39 Å². The number of hydrogen-bond acceptors (Lipinski definition) is 2. The Labute approximate surface area is 96.0 Å². The molecule has 1 saturated heterocycles. The van der Waals surface area contributed by atoms with E-state index < -0.39 is 0 Å². The standard InChI is InChI=1S/C13H19FN2/c1-9-7-10(4-5-12(9)14)13-11(8-15)3-2-6-16-13/h4-5,7,11,13,16H,2-3,6,8,15H2,1H3/t11-,13-/m1/s1. The zero-order chi connectivity index (χ0) is 11.5. The van der Waals surface area contributed by atoms with Gasteiger partial charge >= 0.3 is 0 Å². The second-order valence-electron chi connectivity index (χ2n) is 4.58. The molecule has 0 aromatic heterocycles. The number of piperidine rings is 1. The average molecular weight is 222 g/mol. The molecule has 16 heavy (non-hydrogen) atoms. The van der Waals surface area contributed by atoms with Gasteiger partial charge in [-0.3, -0.25) is 0 Å². The first-order chi connectivity index (χ1) is 7.72. The molecule has 0 bridgehead atoms. The summed E-state index contributed by atoms with van der Waals surface area (Å²) in [5.74, 6) is 0.336. The number of rotatable bonds is 2. The lowest BCUT2D eigenvalue weighted by Gasteiger charge is -2.32. The van der Waals surface area contributed by atoms with Gasteiger partial charge in [0.05, 0.1) is 0 Å². The summed E-state index contributed by atoms with van der Waals surface area (Å²) in [6, 6.07) is 5.64. The quantitative estimate of drug-likeness (QED) is 0.804. The van der Waals surface area contributed by atoms with Gasteiger partial charge in [-0.2, -0.15) is 0 Å². The number of aryl methyl sites for hydroxylation is 1. The highest BCUT2D eigenvalue weighted by Gasteiger charge is 2.25. The lowest BCUT2D eigenvalue weighted by atomic mass is 9.86. The van der Waals surface area contributed by atoms with Crippen molar-refractivity contribution in [2.24, 2.45) is 11.7 Å². The molecule has 2 nitrogen and oxygen atoms in total. The van der Waals surface area contributed by atoms with Gasteiger partial charge in [0.1, 0.15) is 5.82 Å². The fourth-order valence-corrected chi connectivity index (χ4v) is 2.46. The van der Waals surface area contributed by atoms with Crippen LogP contribution < -0.4 is 11.1 Å². The number of nitrogens with two attached hydrogens (primary N) is 1. The average Bonchev–Trinajstić information content (AvgIpc) is 2.32. The van der Waals surface area contributed by atoms with E-state index in [1.54, 1.807) is 13.0 Å². The van der Waals surface area contributed by atoms with Gasteiger partial charge in [0, 0.05) is 6.04 Å². The molecule has 0 amide bonds. The first kappa shape index (κ1) is 11.6. The number of hydrogen-bond donors (Lipinski definition) is 2. The lowest BCUT2D eigenvalue weighted by Crippen LogP contribution is -2.37. The van der Waals surface area contributed by atoms with Gasteiger partial charge in [0.2, 0.25) is 0 Å². The molecule has 0 unspecified atom stereocenters. The van der Waals surface area contributed by atoms with Crippen molar-refractivity contribution in [3.63, 3.8) is 0 Å². The molecule has 0 saturated carbocycles. The summed E-state index contributed by atoms with van der Waals surface area (Å²) in [6.07, 6.45) is 2.34. The van der Waals surface area contributed by atoms with Gasteiger partial charge in [0.25, 0.3) is 0 Å². The number of halogens is 1. The molecule has 1 fully saturated rings. The van der Waals surface area contributed by atoms with Crippen molar-refractivity contribution in [1.82, 2.24) is 5.32 Å². The summed E-state index contributed by atoms with van der Waals surface area (Å²) in [7, 11) is 0. The molecule has 1 aromatic carbocycles. The number of benzene rings is 1. The van der Waals surface area contributed by atoms with E-state index in [-0.39, 0.29) is 11.9 Å². The maximum Gasteiger partial charge on any atom is 0.126 e. The van der Waals surface area contributed by atoms with Crippen molar-refractivity contribution in [3.8, 4) is 0 Å². The van der Waals surface area contributed by atoms with E-state index in [9.17, 15) is 4.39 Å². The van der Waals surface area contributed by atoms with Crippen LogP contribution in [0.15, 0.2) is 18.2 Å². The predicted octanol–water partition coefficient (Wildman–Crippen LogP) is 2.13. The molecular formula is C13H19FN2. The topological polar surface area (TPSA) is 38.0 Å². The van der Waals surface area contributed by atoms with E-state index in [4.69, 9.17) is 5.73 Å². The molecule has 3 N–H and O–H groups in total. The summed E-state index contributed by atoms with van der Waals surface area (Å²) in [5.41, 5.74) is 7.65. The van der Waals surface area contributed by atoms with Crippen molar-refractivity contribution >= 4 is 0 Å². The van der Waals surface area contributed by atoms with Gasteiger partial charge in [-0.05, 0) is 56.0 Å². The molecule has 1 aliphatic rings. The molecule has 1 heterocycles. The zero-order valence-corrected chi connectivity index (χ0v) is 9.67. The Morgan fingerprint density at radius 1 is 1.50 bits per heavy atom. The summed E-state index contributed by atoms with van der Waals surface area (Å²) < 4.78 is 13.2. The highest BCUT2D eigenvalue weighted by atomic mass is 19.1. The van der Waals surface area contributed by atoms with Crippen LogP contribution in [0, 0.1) is 18.7 Å². The molecule has 0 spiro atoms. The minimum absolute atomic E-state index is 0.135. The molecule has 3 heteroatoms. The minimum Gasteiger partial charge on any atom is -0.330 e. The number of nitrogens with one attached hydrogen (secondary N) is 1. The highest BCUT2D eigenvalue weighted by Crippen LogP contribution is 2.29. The fraction of sp³-hybridized carbons (Fsp3) is 0.538. The molecule has 2 atom stereocenters. The Hall–Kier alpha value is -0.930. The van der Waals surface area contributed by atoms with E-state index in [0.717, 1.165) is 18.5 Å². The zero-order valence-electron chi connectivity index (χ0n) is 9.67. The Bertz CT molecular complexity index is 365. The lowest BCUT2D eigenvalue weighted by molar-refractivity contribution is 0.291. The van der Waals surface area contributed by atoms with Crippen LogP contribution in [0.4, 0.5) is 4.39 Å². The van der Waals surface area contributed by atoms with Crippen LogP contribution in [0.5, 0.6) is 0 Å². The molecular weight excluding hydrogens is 203 g/mol. The van der Waals surface area contributed by atoms with Crippen LogP contribution in [0.3, 0.4) is 0 Å². The Kier molecular flexibility index (Phi) is 3.56. The van der Waals surface area contributed by atoms with E-state index in [0.29, 0.717) is 18.0 Å². The highest BCUT2D eigenvalue weighted by molar-refractivity contribution is 5.27. The molecule has 0 aliphatic carbocycles. The third-order valence-electron chi connectivity index (χ3n) is 3.43. The van der Waals surface area contributed by atoms with Gasteiger partial charge in [-0.1, -0.05) is 12.1 Å². The van der Waals surface area contributed by atoms with E-state index in [1.165, 1.54) is 6.42 Å². The maximum atomic E-state index is 13.2. The van der Waals surface area contributed by atoms with E-state index in [1.807, 2.05) is 12.1 Å². The Balaban J connectivity index is 2.23. The third kappa shape index (κ3) is 2.25. The van der Waals surface area contributed by atoms with Crippen LogP contribution in [-0.4, -0.2) is 13.1 Å². The molecule has 88 valence electrons. The van der Waals surface area contributed by atoms with Crippen molar-refractivity contribution in [1.29, 1.82) is 0 Å². The van der Waals surface area contributed by atoms with Gasteiger partial charge in [0.15, 0.2) is 0 Å². The first-order valence-electron chi connectivity index (χ1n) is 5.92. The SMILES string of the molecule is Cc1cc([C@H]2NCCC[C@@H]2CN)ccc1F. The molecule has 0 radical (unpaired) electrons. The predicted molar refractivity (Wildman–Crippen MR) is 63.7 cm³/mol.